The van der Waals surface area contributed by atoms with Gasteiger partial charge < -0.3 is 26.0 Å². The SMILES string of the molecule is C=C(C)CC.CCC[C@H](NC(=O)CNC(=O)Cc1csc(C)n1)C(=O)NCC(=O)N[C@@H](CC(C)C)C(=O)[C@@]1(C)CO1.Cc1ccccc1. The van der Waals surface area contributed by atoms with Crippen LogP contribution in [0.5, 0.6) is 0 Å². The Morgan fingerprint density at radius 1 is 0.958 bits per heavy atom. The Kier molecular flexibility index (Phi) is 19.2. The molecule has 3 atom stereocenters. The Bertz CT molecular complexity index is 1340. The largest absolute Gasteiger partial charge is 0.361 e. The van der Waals surface area contributed by atoms with Crippen LogP contribution in [0.15, 0.2) is 47.9 Å². The van der Waals surface area contributed by atoms with Crippen molar-refractivity contribution in [2.45, 2.75) is 105 Å². The summed E-state index contributed by atoms with van der Waals surface area (Å²) in [6.45, 7) is 18.9. The van der Waals surface area contributed by atoms with E-state index in [1.165, 1.54) is 22.5 Å². The minimum Gasteiger partial charge on any atom is -0.361 e. The molecule has 1 aliphatic rings. The van der Waals surface area contributed by atoms with Crippen LogP contribution in [0.1, 0.15) is 83.5 Å². The van der Waals surface area contributed by atoms with Crippen molar-refractivity contribution in [3.05, 3.63) is 64.1 Å². The van der Waals surface area contributed by atoms with Crippen molar-refractivity contribution in [2.75, 3.05) is 19.7 Å². The van der Waals surface area contributed by atoms with Gasteiger partial charge in [0.15, 0.2) is 5.78 Å². The minimum atomic E-state index is -0.861. The highest BCUT2D eigenvalue weighted by molar-refractivity contribution is 7.09. The third-order valence-corrected chi connectivity index (χ3v) is 7.93. The van der Waals surface area contributed by atoms with Gasteiger partial charge in [-0.3, -0.25) is 24.0 Å². The van der Waals surface area contributed by atoms with Gasteiger partial charge >= 0.3 is 0 Å². The summed E-state index contributed by atoms with van der Waals surface area (Å²) in [5.41, 5.74) is 2.35. The highest BCUT2D eigenvalue weighted by Crippen LogP contribution is 2.29. The number of ketones is 1. The molecule has 4 N–H and O–H groups in total. The number of epoxide rings is 1. The fraction of sp³-hybridized carbons (Fsp3) is 0.556. The summed E-state index contributed by atoms with van der Waals surface area (Å²) in [6, 6.07) is 8.70. The number of thiazole rings is 1. The van der Waals surface area contributed by atoms with E-state index in [1.54, 1.807) is 12.3 Å². The van der Waals surface area contributed by atoms with Gasteiger partial charge in [0.25, 0.3) is 0 Å². The molecular formula is C36H55N5O6S. The van der Waals surface area contributed by atoms with Crippen LogP contribution in [0.3, 0.4) is 0 Å². The molecule has 1 saturated heterocycles. The normalized spacial score (nSPS) is 15.7. The van der Waals surface area contributed by atoms with Crippen molar-refractivity contribution < 1.29 is 28.7 Å². The molecule has 1 aliphatic heterocycles. The summed E-state index contributed by atoms with van der Waals surface area (Å²) in [5.74, 6) is -1.90. The molecule has 0 unspecified atom stereocenters. The molecule has 266 valence electrons. The van der Waals surface area contributed by atoms with E-state index in [0.717, 1.165) is 11.4 Å². The molecule has 2 heterocycles. The van der Waals surface area contributed by atoms with Crippen molar-refractivity contribution >= 4 is 40.7 Å². The summed E-state index contributed by atoms with van der Waals surface area (Å²) in [6.07, 6.45) is 2.61. The van der Waals surface area contributed by atoms with Gasteiger partial charge in [0.2, 0.25) is 23.6 Å². The Morgan fingerprint density at radius 2 is 1.52 bits per heavy atom. The zero-order valence-corrected chi connectivity index (χ0v) is 30.7. The average Bonchev–Trinajstić information content (AvgIpc) is 3.66. The number of amides is 4. The first-order valence-corrected chi connectivity index (χ1v) is 17.4. The Morgan fingerprint density at radius 3 is 1.96 bits per heavy atom. The lowest BCUT2D eigenvalue weighted by Crippen LogP contribution is -2.53. The van der Waals surface area contributed by atoms with Crippen molar-refractivity contribution in [2.24, 2.45) is 5.92 Å². The van der Waals surface area contributed by atoms with Crippen LogP contribution >= 0.6 is 11.3 Å². The number of aromatic nitrogens is 1. The third-order valence-electron chi connectivity index (χ3n) is 7.11. The Hall–Kier alpha value is -3.90. The molecule has 0 saturated carbocycles. The summed E-state index contributed by atoms with van der Waals surface area (Å²) in [7, 11) is 0. The lowest BCUT2D eigenvalue weighted by Gasteiger charge is -2.22. The van der Waals surface area contributed by atoms with Gasteiger partial charge in [0, 0.05) is 5.38 Å². The standard InChI is InChI=1S/C24H37N5O6S.C7H8.C5H10/c1-6-7-17(28-20(31)10-25-19(30)9-16-12-36-15(4)27-16)23(34)26-11-21(32)29-18(8-14(2)3)22(33)24(5)13-35-24;1-7-5-3-2-4-6-7;1-4-5(2)3/h12,14,17-18H,6-11,13H2,1-5H3,(H,25,30)(H,26,34)(H,28,31)(H,29,32);2-6H,1H3;2,4H2,1,3H3/t17-,18-,24+;;/m0../s1. The van der Waals surface area contributed by atoms with Crippen LogP contribution in [0, 0.1) is 19.8 Å². The van der Waals surface area contributed by atoms with Crippen LogP contribution in [0.25, 0.3) is 0 Å². The fourth-order valence-electron chi connectivity index (χ4n) is 4.09. The second kappa shape index (κ2) is 21.9. The molecule has 0 bridgehead atoms. The number of nitrogens with one attached hydrogen (secondary N) is 4. The maximum absolute atomic E-state index is 12.7. The lowest BCUT2D eigenvalue weighted by molar-refractivity contribution is -0.132. The molecule has 0 aliphatic carbocycles. The predicted octanol–water partition coefficient (Wildman–Crippen LogP) is 4.37. The first kappa shape index (κ1) is 42.1. The number of carbonyl (C=O) groups excluding carboxylic acids is 5. The van der Waals surface area contributed by atoms with Gasteiger partial charge in [0.05, 0.1) is 42.9 Å². The van der Waals surface area contributed by atoms with Crippen molar-refractivity contribution in [3.8, 4) is 0 Å². The summed E-state index contributed by atoms with van der Waals surface area (Å²) >= 11 is 1.44. The molecule has 0 radical (unpaired) electrons. The third kappa shape index (κ3) is 17.9. The molecule has 12 heteroatoms. The van der Waals surface area contributed by atoms with E-state index in [0.29, 0.717) is 31.6 Å². The van der Waals surface area contributed by atoms with Gasteiger partial charge in [-0.2, -0.15) is 0 Å². The van der Waals surface area contributed by atoms with Gasteiger partial charge in [0.1, 0.15) is 11.6 Å². The summed E-state index contributed by atoms with van der Waals surface area (Å²) in [5, 5.41) is 13.0. The molecular weight excluding hydrogens is 630 g/mol. The number of Topliss-reactive ketones (excluding diaryl/α,β-unsaturated/α-hetero) is 1. The Labute approximate surface area is 290 Å². The number of aryl methyl sites for hydroxylation is 2. The van der Waals surface area contributed by atoms with E-state index in [9.17, 15) is 24.0 Å². The van der Waals surface area contributed by atoms with Crippen molar-refractivity contribution in [3.63, 3.8) is 0 Å². The van der Waals surface area contributed by atoms with Gasteiger partial charge in [-0.05, 0) is 52.9 Å². The fourth-order valence-corrected chi connectivity index (χ4v) is 4.70. The number of benzene rings is 1. The lowest BCUT2D eigenvalue weighted by atomic mass is 9.93. The van der Waals surface area contributed by atoms with E-state index in [4.69, 9.17) is 4.74 Å². The van der Waals surface area contributed by atoms with E-state index in [1.807, 2.05) is 52.8 Å². The van der Waals surface area contributed by atoms with Crippen LogP contribution in [-0.2, 0) is 35.1 Å². The number of rotatable bonds is 16. The van der Waals surface area contributed by atoms with E-state index < -0.39 is 35.4 Å². The van der Waals surface area contributed by atoms with Crippen LogP contribution in [0.2, 0.25) is 0 Å². The van der Waals surface area contributed by atoms with E-state index >= 15 is 0 Å². The van der Waals surface area contributed by atoms with Crippen molar-refractivity contribution in [1.29, 1.82) is 0 Å². The van der Waals surface area contributed by atoms with Gasteiger partial charge in [-0.15, -0.1) is 17.9 Å². The summed E-state index contributed by atoms with van der Waals surface area (Å²) < 4.78 is 5.22. The quantitative estimate of drug-likeness (QED) is 0.151. The smallest absolute Gasteiger partial charge is 0.243 e. The molecule has 1 aromatic heterocycles. The zero-order chi connectivity index (χ0) is 36.3. The molecule has 1 aromatic carbocycles. The number of hydrogen-bond acceptors (Lipinski definition) is 8. The van der Waals surface area contributed by atoms with Crippen LogP contribution in [-0.4, -0.2) is 71.8 Å². The maximum atomic E-state index is 12.7. The minimum absolute atomic E-state index is 0.0667. The molecule has 0 spiro atoms. The average molecular weight is 686 g/mol. The second-order valence-electron chi connectivity index (χ2n) is 12.5. The Balaban J connectivity index is 0.000000803. The molecule has 1 fully saturated rings. The number of allylic oxidation sites excluding steroid dienone is 1. The van der Waals surface area contributed by atoms with Gasteiger partial charge in [-0.25, -0.2) is 4.98 Å². The molecule has 48 heavy (non-hydrogen) atoms. The molecule has 3 rings (SSSR count). The predicted molar refractivity (Wildman–Crippen MR) is 190 cm³/mol. The summed E-state index contributed by atoms with van der Waals surface area (Å²) in [4.78, 5) is 66.3. The first-order chi connectivity index (χ1) is 22.6. The molecule has 4 amide bonds. The number of nitrogens with zero attached hydrogens (tertiary/aromatic N) is 1. The number of carbonyl (C=O) groups is 5. The van der Waals surface area contributed by atoms with Crippen LogP contribution < -0.4 is 21.3 Å². The monoisotopic (exact) mass is 685 g/mol. The van der Waals surface area contributed by atoms with Gasteiger partial charge in [-0.1, -0.05) is 75.6 Å². The molecule has 2 aromatic rings. The van der Waals surface area contributed by atoms with Crippen LogP contribution in [0.4, 0.5) is 0 Å². The number of ether oxygens (including phenoxy) is 1. The highest BCUT2D eigenvalue weighted by Gasteiger charge is 2.50. The highest BCUT2D eigenvalue weighted by atomic mass is 32.1. The van der Waals surface area contributed by atoms with E-state index in [2.05, 4.69) is 58.8 Å². The number of hydrogen-bond donors (Lipinski definition) is 4. The van der Waals surface area contributed by atoms with E-state index in [-0.39, 0.29) is 37.1 Å². The molecule has 11 nitrogen and oxygen atoms in total. The first-order valence-electron chi connectivity index (χ1n) is 16.5. The second-order valence-corrected chi connectivity index (χ2v) is 13.6. The van der Waals surface area contributed by atoms with Crippen molar-refractivity contribution in [1.82, 2.24) is 26.3 Å². The zero-order valence-electron chi connectivity index (χ0n) is 29.9. The topological polar surface area (TPSA) is 159 Å². The maximum Gasteiger partial charge on any atom is 0.243 e.